The summed E-state index contributed by atoms with van der Waals surface area (Å²) in [5.41, 5.74) is 3.02. The normalized spacial score (nSPS) is 12.5. The second-order valence-electron chi connectivity index (χ2n) is 8.98. The zero-order valence-corrected chi connectivity index (χ0v) is 24.1. The number of thiazole rings is 1. The molecule has 0 aliphatic rings. The maximum Gasteiger partial charge on any atom is 0.331 e. The van der Waals surface area contributed by atoms with E-state index in [0.29, 0.717) is 34.7 Å². The fourth-order valence-corrected chi connectivity index (χ4v) is 5.21. The van der Waals surface area contributed by atoms with Crippen molar-refractivity contribution in [3.8, 4) is 17.0 Å². The van der Waals surface area contributed by atoms with Crippen LogP contribution in [0.25, 0.3) is 17.3 Å². The highest BCUT2D eigenvalue weighted by Crippen LogP contribution is 2.40. The summed E-state index contributed by atoms with van der Waals surface area (Å²) in [4.78, 5) is 28.7. The van der Waals surface area contributed by atoms with E-state index in [0.717, 1.165) is 17.5 Å². The zero-order valence-electron chi connectivity index (χ0n) is 21.8. The molecule has 2 aromatic carbocycles. The van der Waals surface area contributed by atoms with Gasteiger partial charge in [-0.05, 0) is 50.5 Å². The quantitative estimate of drug-likeness (QED) is 0.224. The van der Waals surface area contributed by atoms with Crippen molar-refractivity contribution in [2.75, 3.05) is 19.0 Å². The predicted molar refractivity (Wildman–Crippen MR) is 154 cm³/mol. The topological polar surface area (TPSA) is 97.8 Å². The first kappa shape index (κ1) is 29.6. The summed E-state index contributed by atoms with van der Waals surface area (Å²) in [6.07, 6.45) is 2.10. The van der Waals surface area contributed by atoms with E-state index in [9.17, 15) is 9.59 Å². The minimum Gasteiger partial charge on any atom is -0.496 e. The Hall–Kier alpha value is -2.91. The number of methoxy groups -OCH3 is 1. The molecule has 0 fully saturated rings. The van der Waals surface area contributed by atoms with Gasteiger partial charge in [-0.25, -0.2) is 9.78 Å². The van der Waals surface area contributed by atoms with E-state index in [2.05, 4.69) is 24.1 Å². The van der Waals surface area contributed by atoms with E-state index in [1.807, 2.05) is 30.5 Å². The standard InChI is InChI=1S/C28H30Cl2N2O5S/c1-6-37-24(10-15(2)3)19-9-7-8-18(25(19)36-5)23-14-38-28(31-23)32-26(33)17-12-21(29)20(22(30)13-17)11-16(4)27(34)35/h7-9,11-15,24H,6,10H2,1-5H3,(H,34,35)(H,31,32,33)/b16-11+/t24-/m0/s1. The number of carbonyl (C=O) groups excluding carboxylic acids is 1. The minimum atomic E-state index is -1.09. The molecule has 202 valence electrons. The summed E-state index contributed by atoms with van der Waals surface area (Å²) in [5, 5.41) is 14.4. The van der Waals surface area contributed by atoms with Gasteiger partial charge in [-0.1, -0.05) is 49.2 Å². The van der Waals surface area contributed by atoms with Crippen LogP contribution in [-0.2, 0) is 9.53 Å². The largest absolute Gasteiger partial charge is 0.496 e. The van der Waals surface area contributed by atoms with Crippen LogP contribution in [0.1, 0.15) is 61.7 Å². The molecule has 7 nitrogen and oxygen atoms in total. The number of nitrogens with one attached hydrogen (secondary N) is 1. The van der Waals surface area contributed by atoms with Gasteiger partial charge in [0.05, 0.1) is 29.0 Å². The Morgan fingerprint density at radius 2 is 1.89 bits per heavy atom. The Morgan fingerprint density at radius 3 is 2.47 bits per heavy atom. The maximum absolute atomic E-state index is 12.9. The van der Waals surface area contributed by atoms with Crippen LogP contribution in [-0.4, -0.2) is 35.7 Å². The lowest BCUT2D eigenvalue weighted by molar-refractivity contribution is -0.132. The van der Waals surface area contributed by atoms with Gasteiger partial charge in [0.1, 0.15) is 5.75 Å². The summed E-state index contributed by atoms with van der Waals surface area (Å²) in [6.45, 7) is 8.30. The zero-order chi connectivity index (χ0) is 28.0. The van der Waals surface area contributed by atoms with Gasteiger partial charge in [0.2, 0.25) is 0 Å². The number of aliphatic carboxylic acids is 1. The van der Waals surface area contributed by atoms with Crippen molar-refractivity contribution in [3.63, 3.8) is 0 Å². The molecule has 0 radical (unpaired) electrons. The monoisotopic (exact) mass is 576 g/mol. The third-order valence-electron chi connectivity index (χ3n) is 5.69. The average molecular weight is 578 g/mol. The second kappa shape index (κ2) is 13.2. The molecule has 0 aliphatic heterocycles. The number of amides is 1. The molecule has 1 amide bonds. The van der Waals surface area contributed by atoms with Gasteiger partial charge in [-0.15, -0.1) is 11.3 Å². The number of para-hydroxylation sites is 1. The molecular formula is C28H30Cl2N2O5S. The third-order valence-corrected chi connectivity index (χ3v) is 7.07. The summed E-state index contributed by atoms with van der Waals surface area (Å²) < 4.78 is 11.8. The molecule has 1 aromatic heterocycles. The number of benzene rings is 2. The fourth-order valence-electron chi connectivity index (χ4n) is 3.91. The van der Waals surface area contributed by atoms with E-state index in [1.54, 1.807) is 7.11 Å². The van der Waals surface area contributed by atoms with Crippen LogP contribution in [0, 0.1) is 5.92 Å². The number of hydrogen-bond acceptors (Lipinski definition) is 6. The van der Waals surface area contributed by atoms with E-state index in [1.165, 1.54) is 36.5 Å². The van der Waals surface area contributed by atoms with Crippen molar-refractivity contribution in [3.05, 3.63) is 68.0 Å². The molecule has 38 heavy (non-hydrogen) atoms. The molecule has 0 saturated heterocycles. The van der Waals surface area contributed by atoms with Gasteiger partial charge in [0.15, 0.2) is 5.13 Å². The van der Waals surface area contributed by atoms with Crippen LogP contribution >= 0.6 is 34.5 Å². The average Bonchev–Trinajstić information content (AvgIpc) is 3.33. The van der Waals surface area contributed by atoms with Crippen molar-refractivity contribution >= 4 is 57.6 Å². The number of hydrogen-bond donors (Lipinski definition) is 2. The van der Waals surface area contributed by atoms with Crippen LogP contribution in [0.15, 0.2) is 41.3 Å². The Labute approximate surface area is 236 Å². The molecular weight excluding hydrogens is 547 g/mol. The van der Waals surface area contributed by atoms with Gasteiger partial charge >= 0.3 is 5.97 Å². The predicted octanol–water partition coefficient (Wildman–Crippen LogP) is 7.99. The second-order valence-corrected chi connectivity index (χ2v) is 10.7. The smallest absolute Gasteiger partial charge is 0.331 e. The van der Waals surface area contributed by atoms with Crippen molar-refractivity contribution in [2.45, 2.75) is 40.2 Å². The van der Waals surface area contributed by atoms with Crippen molar-refractivity contribution in [1.29, 1.82) is 0 Å². The summed E-state index contributed by atoms with van der Waals surface area (Å²) in [5.74, 6) is -0.411. The Balaban J connectivity index is 1.87. The fraction of sp³-hybridized carbons (Fsp3) is 0.321. The van der Waals surface area contributed by atoms with Crippen molar-refractivity contribution in [1.82, 2.24) is 4.98 Å². The Morgan fingerprint density at radius 1 is 1.21 bits per heavy atom. The highest BCUT2D eigenvalue weighted by Gasteiger charge is 2.22. The van der Waals surface area contributed by atoms with Crippen LogP contribution in [0.2, 0.25) is 10.0 Å². The highest BCUT2D eigenvalue weighted by atomic mass is 35.5. The highest BCUT2D eigenvalue weighted by molar-refractivity contribution is 7.14. The molecule has 3 aromatic rings. The molecule has 0 saturated carbocycles. The number of ether oxygens (including phenoxy) is 2. The lowest BCUT2D eigenvalue weighted by Crippen LogP contribution is -2.12. The molecule has 1 heterocycles. The maximum atomic E-state index is 12.9. The first-order chi connectivity index (χ1) is 18.0. The minimum absolute atomic E-state index is 0.0672. The number of halogens is 2. The summed E-state index contributed by atoms with van der Waals surface area (Å²) in [6, 6.07) is 8.75. The lowest BCUT2D eigenvalue weighted by atomic mass is 9.96. The van der Waals surface area contributed by atoms with Gasteiger partial charge in [-0.3, -0.25) is 10.1 Å². The molecule has 0 aliphatic carbocycles. The van der Waals surface area contributed by atoms with E-state index >= 15 is 0 Å². The van der Waals surface area contributed by atoms with E-state index in [4.69, 9.17) is 37.8 Å². The number of carboxylic acid groups (broad SMARTS) is 1. The van der Waals surface area contributed by atoms with Crippen LogP contribution in [0.4, 0.5) is 5.13 Å². The molecule has 0 spiro atoms. The number of carboxylic acids is 1. The van der Waals surface area contributed by atoms with Gasteiger partial charge in [0, 0.05) is 39.8 Å². The number of aromatic nitrogens is 1. The van der Waals surface area contributed by atoms with Crippen molar-refractivity contribution < 1.29 is 24.2 Å². The van der Waals surface area contributed by atoms with Gasteiger partial charge in [0.25, 0.3) is 5.91 Å². The van der Waals surface area contributed by atoms with Crippen LogP contribution in [0.3, 0.4) is 0 Å². The number of nitrogens with zero attached hydrogens (tertiary/aromatic N) is 1. The Kier molecular flexibility index (Phi) is 10.3. The van der Waals surface area contributed by atoms with Gasteiger partial charge in [-0.2, -0.15) is 0 Å². The molecule has 3 rings (SSSR count). The number of rotatable bonds is 11. The lowest BCUT2D eigenvalue weighted by Gasteiger charge is -2.23. The van der Waals surface area contributed by atoms with E-state index < -0.39 is 11.9 Å². The van der Waals surface area contributed by atoms with E-state index in [-0.39, 0.29) is 27.3 Å². The summed E-state index contributed by atoms with van der Waals surface area (Å²) in [7, 11) is 1.63. The van der Waals surface area contributed by atoms with Crippen LogP contribution < -0.4 is 10.1 Å². The molecule has 0 bridgehead atoms. The number of carbonyl (C=O) groups is 2. The third kappa shape index (κ3) is 7.14. The first-order valence-corrected chi connectivity index (χ1v) is 13.7. The molecule has 1 atom stereocenters. The van der Waals surface area contributed by atoms with Crippen LogP contribution in [0.5, 0.6) is 5.75 Å². The van der Waals surface area contributed by atoms with Crippen molar-refractivity contribution in [2.24, 2.45) is 5.92 Å². The summed E-state index contributed by atoms with van der Waals surface area (Å²) >= 11 is 13.9. The van der Waals surface area contributed by atoms with Gasteiger partial charge < -0.3 is 14.6 Å². The molecule has 2 N–H and O–H groups in total. The molecule has 0 unspecified atom stereocenters. The Bertz CT molecular complexity index is 1330. The number of anilines is 1. The SMILES string of the molecule is CCO[C@@H](CC(C)C)c1cccc(-c2csc(NC(=O)c3cc(Cl)c(/C=C(\C)C(=O)O)c(Cl)c3)n2)c1OC. The molecule has 10 heteroatoms. The first-order valence-electron chi connectivity index (χ1n) is 12.0.